The summed E-state index contributed by atoms with van der Waals surface area (Å²) in [5, 5.41) is 0. The van der Waals surface area contributed by atoms with Gasteiger partial charge in [0.2, 0.25) is 0 Å². The molecular weight excluding hydrogens is 864 g/mol. The number of nitrogens with zero attached hydrogens (tertiary/aromatic N) is 2. The second kappa shape index (κ2) is 14.9. The molecule has 0 saturated carbocycles. The Morgan fingerprint density at radius 1 is 0.443 bits per heavy atom. The summed E-state index contributed by atoms with van der Waals surface area (Å²) in [5.74, 6) is 0. The third-order valence-corrected chi connectivity index (χ3v) is 17.1. The van der Waals surface area contributed by atoms with E-state index in [9.17, 15) is 0 Å². The summed E-state index contributed by atoms with van der Waals surface area (Å²) in [7, 11) is 0. The molecule has 4 aliphatic rings. The quantitative estimate of drug-likeness (QED) is 0.162. The zero-order valence-corrected chi connectivity index (χ0v) is 41.2. The number of fused-ring (bicyclic) bond motifs is 15. The molecule has 0 N–H and O–H groups in total. The van der Waals surface area contributed by atoms with Crippen molar-refractivity contribution in [2.75, 3.05) is 9.80 Å². The summed E-state index contributed by atoms with van der Waals surface area (Å²) in [4.78, 5) is 6.64. The van der Waals surface area contributed by atoms with Crippen LogP contribution >= 0.6 is 11.3 Å². The van der Waals surface area contributed by atoms with Crippen LogP contribution in [0.5, 0.6) is 0 Å². The van der Waals surface area contributed by atoms with Gasteiger partial charge in [0.1, 0.15) is 0 Å². The van der Waals surface area contributed by atoms with Crippen LogP contribution in [0.15, 0.2) is 200 Å². The molecule has 2 aliphatic heterocycles. The van der Waals surface area contributed by atoms with Gasteiger partial charge in [-0.25, -0.2) is 0 Å². The van der Waals surface area contributed by atoms with Crippen LogP contribution in [0.1, 0.15) is 64.6 Å². The number of thiophene rings is 1. The van der Waals surface area contributed by atoms with Crippen molar-refractivity contribution < 1.29 is 0 Å². The molecule has 9 aromatic carbocycles. The molecule has 14 rings (SSSR count). The van der Waals surface area contributed by atoms with Crippen LogP contribution in [-0.4, -0.2) is 6.71 Å². The Kier molecular flexibility index (Phi) is 8.81. The Morgan fingerprint density at radius 3 is 1.76 bits per heavy atom. The minimum atomic E-state index is -0.485. The van der Waals surface area contributed by atoms with E-state index in [1.807, 2.05) is 0 Å². The first-order valence-electron chi connectivity index (χ1n) is 24.8. The number of aryl methyl sites for hydroxylation is 3. The van der Waals surface area contributed by atoms with Gasteiger partial charge in [0.25, 0.3) is 6.71 Å². The van der Waals surface area contributed by atoms with E-state index in [0.29, 0.717) is 0 Å². The van der Waals surface area contributed by atoms with Crippen LogP contribution in [0.2, 0.25) is 0 Å². The summed E-state index contributed by atoms with van der Waals surface area (Å²) in [6, 6.07) is 76.4. The van der Waals surface area contributed by atoms with Crippen molar-refractivity contribution >= 4 is 67.9 Å². The van der Waals surface area contributed by atoms with Gasteiger partial charge in [-0.2, -0.15) is 0 Å². The first kappa shape index (κ1) is 41.3. The number of hydrogen-bond donors (Lipinski definition) is 0. The SMILES string of the molecule is Cc1ccc(N2c3cc(C)cc4c3B(c3ccc(-c5cc(C)ccc5-c5ccccc5)cc3N4c3ccccc3)c3sc4c(c32)-c2ccc(C(C)(C)C)cc2C42c3ccccc3-c3ccccc32)cc1. The third-order valence-electron chi connectivity index (χ3n) is 15.8. The first-order valence-corrected chi connectivity index (χ1v) is 25.6. The molecule has 0 atom stereocenters. The molecule has 334 valence electrons. The lowest BCUT2D eigenvalue weighted by molar-refractivity contribution is 0.588. The lowest BCUT2D eigenvalue weighted by atomic mass is 9.36. The Hall–Kier alpha value is -7.66. The maximum absolute atomic E-state index is 2.65. The highest BCUT2D eigenvalue weighted by Crippen LogP contribution is 2.67. The number of para-hydroxylation sites is 1. The summed E-state index contributed by atoms with van der Waals surface area (Å²) >= 11 is 2.07. The molecule has 10 aromatic rings. The summed E-state index contributed by atoms with van der Waals surface area (Å²) in [6.07, 6.45) is 0. The van der Waals surface area contributed by atoms with Crippen LogP contribution in [0.3, 0.4) is 0 Å². The first-order chi connectivity index (χ1) is 34.1. The summed E-state index contributed by atoms with van der Waals surface area (Å²) in [6.45, 7) is 13.7. The predicted octanol–water partition coefficient (Wildman–Crippen LogP) is 15.7. The van der Waals surface area contributed by atoms with Crippen LogP contribution < -0.4 is 25.5 Å². The fourth-order valence-electron chi connectivity index (χ4n) is 12.6. The molecule has 3 heterocycles. The molecule has 0 radical (unpaired) electrons. The average molecular weight is 915 g/mol. The van der Waals surface area contributed by atoms with Gasteiger partial charge in [0.15, 0.2) is 0 Å². The van der Waals surface area contributed by atoms with Crippen molar-refractivity contribution in [3.8, 4) is 44.5 Å². The highest BCUT2D eigenvalue weighted by atomic mass is 32.1. The van der Waals surface area contributed by atoms with E-state index in [4.69, 9.17) is 0 Å². The molecule has 0 saturated heterocycles. The van der Waals surface area contributed by atoms with E-state index in [2.05, 4.69) is 263 Å². The second-order valence-corrected chi connectivity index (χ2v) is 22.1. The molecule has 4 heteroatoms. The zero-order chi connectivity index (χ0) is 47.2. The molecule has 1 aromatic heterocycles. The Bertz CT molecular complexity index is 3760. The Balaban J connectivity index is 1.11. The van der Waals surface area contributed by atoms with Crippen molar-refractivity contribution in [2.24, 2.45) is 0 Å². The van der Waals surface area contributed by atoms with E-state index < -0.39 is 5.41 Å². The number of benzene rings is 9. The molecule has 0 amide bonds. The number of rotatable bonds is 4. The standard InChI is InChI=1S/C66H51BN2S/c1-40-25-30-47(31-26-40)69-59-37-42(3)36-58-61(59)67(56-34-28-44(38-57(56)68(58)46-19-11-8-12-20-46)52-35-41(2)27-32-48(52)43-17-9-7-10-18-43)64-62(69)60-51-33-29-45(65(4,5)6)39-55(51)66(63(60)70-64)53-23-15-13-21-49(53)50-22-14-16-24-54(50)66/h7-39H,1-6H3. The normalized spacial score (nSPS) is 14.2. The van der Waals surface area contributed by atoms with E-state index in [-0.39, 0.29) is 12.1 Å². The Labute approximate surface area is 416 Å². The van der Waals surface area contributed by atoms with Crippen LogP contribution in [0, 0.1) is 20.8 Å². The number of hydrogen-bond acceptors (Lipinski definition) is 3. The van der Waals surface area contributed by atoms with Gasteiger partial charge in [-0.3, -0.25) is 0 Å². The van der Waals surface area contributed by atoms with Gasteiger partial charge in [0.05, 0.1) is 11.1 Å². The van der Waals surface area contributed by atoms with E-state index in [0.717, 1.165) is 5.69 Å². The van der Waals surface area contributed by atoms with Crippen molar-refractivity contribution in [3.63, 3.8) is 0 Å². The van der Waals surface area contributed by atoms with Gasteiger partial charge in [0, 0.05) is 43.7 Å². The van der Waals surface area contributed by atoms with Crippen LogP contribution in [0.25, 0.3) is 44.5 Å². The van der Waals surface area contributed by atoms with E-state index in [1.54, 1.807) is 0 Å². The topological polar surface area (TPSA) is 6.48 Å². The van der Waals surface area contributed by atoms with E-state index in [1.165, 1.54) is 132 Å². The fourth-order valence-corrected chi connectivity index (χ4v) is 14.3. The summed E-state index contributed by atoms with van der Waals surface area (Å²) < 4.78 is 1.40. The van der Waals surface area contributed by atoms with Gasteiger partial charge in [-0.05, 0) is 146 Å². The highest BCUT2D eigenvalue weighted by molar-refractivity contribution is 7.30. The van der Waals surface area contributed by atoms with Gasteiger partial charge < -0.3 is 9.80 Å². The van der Waals surface area contributed by atoms with Crippen LogP contribution in [0.4, 0.5) is 34.1 Å². The molecule has 0 unspecified atom stereocenters. The zero-order valence-electron chi connectivity index (χ0n) is 40.4. The lowest BCUT2D eigenvalue weighted by Gasteiger charge is -2.43. The predicted molar refractivity (Wildman–Crippen MR) is 298 cm³/mol. The highest BCUT2D eigenvalue weighted by Gasteiger charge is 2.57. The number of anilines is 6. The van der Waals surface area contributed by atoms with Crippen LogP contribution in [-0.2, 0) is 10.8 Å². The van der Waals surface area contributed by atoms with Crippen molar-refractivity contribution in [3.05, 3.63) is 244 Å². The van der Waals surface area contributed by atoms with E-state index >= 15 is 0 Å². The fraction of sp³-hybridized carbons (Fsp3) is 0.121. The molecule has 1 spiro atoms. The maximum atomic E-state index is 2.65. The monoisotopic (exact) mass is 914 g/mol. The Morgan fingerprint density at radius 2 is 1.06 bits per heavy atom. The van der Waals surface area contributed by atoms with Gasteiger partial charge >= 0.3 is 0 Å². The van der Waals surface area contributed by atoms with Crippen molar-refractivity contribution in [1.82, 2.24) is 0 Å². The molecule has 0 fully saturated rings. The molecular formula is C66H51BN2S. The minimum Gasteiger partial charge on any atom is -0.311 e. The van der Waals surface area contributed by atoms with Crippen molar-refractivity contribution in [2.45, 2.75) is 52.4 Å². The molecule has 2 aliphatic carbocycles. The van der Waals surface area contributed by atoms with Gasteiger partial charge in [-0.1, -0.05) is 190 Å². The van der Waals surface area contributed by atoms with Gasteiger partial charge in [-0.15, -0.1) is 11.3 Å². The van der Waals surface area contributed by atoms with Crippen molar-refractivity contribution in [1.29, 1.82) is 0 Å². The minimum absolute atomic E-state index is 0.0192. The second-order valence-electron chi connectivity index (χ2n) is 21.1. The molecule has 0 bridgehead atoms. The smallest absolute Gasteiger partial charge is 0.264 e. The molecule has 2 nitrogen and oxygen atoms in total. The third kappa shape index (κ3) is 5.69. The summed E-state index contributed by atoms with van der Waals surface area (Å²) in [5.41, 5.74) is 29.1. The lowest BCUT2D eigenvalue weighted by Crippen LogP contribution is -2.60. The average Bonchev–Trinajstić information content (AvgIpc) is 4.01. The maximum Gasteiger partial charge on any atom is 0.264 e. The largest absolute Gasteiger partial charge is 0.311 e. The molecule has 70 heavy (non-hydrogen) atoms.